The average molecular weight is 632 g/mol. The minimum Gasteiger partial charge on any atom is -0.467 e. The second-order valence-corrected chi connectivity index (χ2v) is 13.3. The highest BCUT2D eigenvalue weighted by atomic mass is 32.2. The summed E-state index contributed by atoms with van der Waals surface area (Å²) in [5.41, 5.74) is 0.465. The van der Waals surface area contributed by atoms with Gasteiger partial charge in [-0.25, -0.2) is 14.4 Å². The number of carbonyl (C=O) groups is 4. The predicted octanol–water partition coefficient (Wildman–Crippen LogP) is 5.71. The Morgan fingerprint density at radius 1 is 1.19 bits per heavy atom. The van der Waals surface area contributed by atoms with Gasteiger partial charge in [-0.15, -0.1) is 0 Å². The molecular formula is C31H41N3O7S2. The maximum absolute atomic E-state index is 13.3. The van der Waals surface area contributed by atoms with Gasteiger partial charge in [-0.1, -0.05) is 36.9 Å². The zero-order valence-electron chi connectivity index (χ0n) is 25.3. The smallest absolute Gasteiger partial charge is 0.410 e. The van der Waals surface area contributed by atoms with Crippen LogP contribution in [0.2, 0.25) is 0 Å². The van der Waals surface area contributed by atoms with E-state index in [2.05, 4.69) is 17.2 Å². The van der Waals surface area contributed by atoms with E-state index in [1.807, 2.05) is 51.3 Å². The van der Waals surface area contributed by atoms with Gasteiger partial charge in [0.1, 0.15) is 18.2 Å². The van der Waals surface area contributed by atoms with E-state index in [1.165, 1.54) is 13.2 Å². The Labute approximate surface area is 261 Å². The molecule has 2 aromatic rings. The number of benzene rings is 2. The molecule has 2 N–H and O–H groups in total. The van der Waals surface area contributed by atoms with Gasteiger partial charge in [0.25, 0.3) is 5.91 Å². The van der Waals surface area contributed by atoms with Crippen LogP contribution in [0, 0.1) is 0 Å². The fourth-order valence-electron chi connectivity index (χ4n) is 4.68. The number of anilines is 1. The zero-order valence-corrected chi connectivity index (χ0v) is 27.0. The molecular weight excluding hydrogens is 590 g/mol. The first-order chi connectivity index (χ1) is 20.4. The van der Waals surface area contributed by atoms with Crippen LogP contribution < -0.4 is 10.6 Å². The number of carbonyl (C=O) groups excluding carboxylic acids is 4. The summed E-state index contributed by atoms with van der Waals surface area (Å²) in [7, 11) is 1.30. The SMILES string of the molecule is C=CCOC(=O)N1CC(SC(=O)OC(C)(C)C)CC1CNc1cc(C(=O)NC(CCSC)C(=O)OC)cc2ccccc12. The Morgan fingerprint density at radius 2 is 1.93 bits per heavy atom. The Bertz CT molecular complexity index is 1310. The first kappa shape index (κ1) is 34.1. The second kappa shape index (κ2) is 15.9. The van der Waals surface area contributed by atoms with E-state index in [-0.39, 0.29) is 17.9 Å². The molecule has 0 aromatic heterocycles. The van der Waals surface area contributed by atoms with Gasteiger partial charge in [0.2, 0.25) is 0 Å². The summed E-state index contributed by atoms with van der Waals surface area (Å²) in [5.74, 6) is -0.204. The number of fused-ring (bicyclic) bond motifs is 1. The number of hydrogen-bond acceptors (Lipinski definition) is 10. The fraction of sp³-hybridized carbons (Fsp3) is 0.484. The number of hydrogen-bond donors (Lipinski definition) is 2. The molecule has 43 heavy (non-hydrogen) atoms. The Hall–Kier alpha value is -3.38. The normalized spacial score (nSPS) is 17.2. The Balaban J connectivity index is 1.82. The lowest BCUT2D eigenvalue weighted by atomic mass is 10.0. The third-order valence-corrected chi connectivity index (χ3v) is 8.24. The van der Waals surface area contributed by atoms with Crippen LogP contribution >= 0.6 is 23.5 Å². The molecule has 1 saturated heterocycles. The molecule has 1 heterocycles. The van der Waals surface area contributed by atoms with Crippen molar-refractivity contribution in [3.05, 3.63) is 54.6 Å². The summed E-state index contributed by atoms with van der Waals surface area (Å²) >= 11 is 2.66. The van der Waals surface area contributed by atoms with Crippen LogP contribution in [0.3, 0.4) is 0 Å². The molecule has 3 rings (SSSR count). The van der Waals surface area contributed by atoms with Gasteiger partial charge in [-0.05, 0) is 74.9 Å². The number of thioether (sulfide) groups is 2. The van der Waals surface area contributed by atoms with E-state index >= 15 is 0 Å². The number of rotatable bonds is 12. The summed E-state index contributed by atoms with van der Waals surface area (Å²) in [6.45, 7) is 9.78. The van der Waals surface area contributed by atoms with Crippen LogP contribution in [0.25, 0.3) is 10.8 Å². The highest BCUT2D eigenvalue weighted by Crippen LogP contribution is 2.32. The van der Waals surface area contributed by atoms with Crippen molar-refractivity contribution in [2.45, 2.75) is 56.5 Å². The summed E-state index contributed by atoms with van der Waals surface area (Å²) < 4.78 is 15.7. The minimum absolute atomic E-state index is 0.0741. The quantitative estimate of drug-likeness (QED) is 0.171. The van der Waals surface area contributed by atoms with E-state index in [0.717, 1.165) is 22.5 Å². The van der Waals surface area contributed by atoms with E-state index in [4.69, 9.17) is 14.2 Å². The van der Waals surface area contributed by atoms with Crippen molar-refractivity contribution in [1.82, 2.24) is 10.2 Å². The summed E-state index contributed by atoms with van der Waals surface area (Å²) in [4.78, 5) is 52.6. The van der Waals surface area contributed by atoms with Crippen molar-refractivity contribution in [1.29, 1.82) is 0 Å². The average Bonchev–Trinajstić information content (AvgIpc) is 3.37. The van der Waals surface area contributed by atoms with Gasteiger partial charge < -0.3 is 29.7 Å². The first-order valence-corrected chi connectivity index (χ1v) is 16.3. The van der Waals surface area contributed by atoms with E-state index < -0.39 is 34.9 Å². The number of amides is 2. The molecule has 0 saturated carbocycles. The summed E-state index contributed by atoms with van der Waals surface area (Å²) in [6, 6.07) is 10.1. The molecule has 1 fully saturated rings. The van der Waals surface area contributed by atoms with Gasteiger partial charge >= 0.3 is 17.4 Å². The zero-order chi connectivity index (χ0) is 31.6. The minimum atomic E-state index is -0.763. The van der Waals surface area contributed by atoms with E-state index in [0.29, 0.717) is 42.9 Å². The Morgan fingerprint density at radius 3 is 2.60 bits per heavy atom. The van der Waals surface area contributed by atoms with Crippen molar-refractivity contribution in [3.63, 3.8) is 0 Å². The number of methoxy groups -OCH3 is 1. The fourth-order valence-corrected chi connectivity index (χ4v) is 6.28. The molecule has 2 amide bonds. The molecule has 12 heteroatoms. The number of nitrogens with zero attached hydrogens (tertiary/aromatic N) is 1. The maximum atomic E-state index is 13.3. The van der Waals surface area contributed by atoms with Crippen LogP contribution in [0.5, 0.6) is 0 Å². The number of likely N-dealkylation sites (tertiary alicyclic amines) is 1. The monoisotopic (exact) mass is 631 g/mol. The van der Waals surface area contributed by atoms with Crippen LogP contribution in [0.15, 0.2) is 49.1 Å². The van der Waals surface area contributed by atoms with Crippen molar-refractivity contribution in [2.75, 3.05) is 44.1 Å². The van der Waals surface area contributed by atoms with Gasteiger partial charge in [-0.2, -0.15) is 11.8 Å². The molecule has 234 valence electrons. The molecule has 0 aliphatic carbocycles. The highest BCUT2D eigenvalue weighted by molar-refractivity contribution is 8.13. The standard InChI is InChI=1S/C31H41N3O7S2/c1-7-13-40-29(37)34-19-23(43-30(38)41-31(2,3)4)17-22(34)18-32-26-16-21(15-20-10-8-9-11-24(20)26)27(35)33-25(12-14-42-6)28(36)39-5/h7-11,15-16,22-23,25,32H,1,12-14,17-19H2,2-6H3,(H,33,35). The van der Waals surface area contributed by atoms with Crippen molar-refractivity contribution >= 4 is 63.3 Å². The van der Waals surface area contributed by atoms with Crippen LogP contribution in [-0.4, -0.2) is 89.9 Å². The topological polar surface area (TPSA) is 123 Å². The lowest BCUT2D eigenvalue weighted by Crippen LogP contribution is -2.42. The molecule has 1 aliphatic rings. The summed E-state index contributed by atoms with van der Waals surface area (Å²) in [6.07, 6.45) is 3.92. The largest absolute Gasteiger partial charge is 0.467 e. The van der Waals surface area contributed by atoms with Gasteiger partial charge in [0, 0.05) is 35.0 Å². The summed E-state index contributed by atoms with van der Waals surface area (Å²) in [5, 5.41) is 7.40. The molecule has 0 radical (unpaired) electrons. The lowest BCUT2D eigenvalue weighted by Gasteiger charge is -2.25. The van der Waals surface area contributed by atoms with Gasteiger partial charge in [0.05, 0.1) is 13.2 Å². The number of ether oxygens (including phenoxy) is 3. The maximum Gasteiger partial charge on any atom is 0.410 e. The third kappa shape index (κ3) is 10.1. The lowest BCUT2D eigenvalue weighted by molar-refractivity contribution is -0.142. The second-order valence-electron chi connectivity index (χ2n) is 11.1. The molecule has 1 aliphatic heterocycles. The van der Waals surface area contributed by atoms with Crippen LogP contribution in [0.4, 0.5) is 15.3 Å². The van der Waals surface area contributed by atoms with Crippen LogP contribution in [0.1, 0.15) is 44.0 Å². The molecule has 3 unspecified atom stereocenters. The molecule has 0 spiro atoms. The first-order valence-electron chi connectivity index (χ1n) is 14.0. The van der Waals surface area contributed by atoms with Crippen molar-refractivity contribution in [3.8, 4) is 0 Å². The number of esters is 1. The number of nitrogens with one attached hydrogen (secondary N) is 2. The molecule has 3 atom stereocenters. The van der Waals surface area contributed by atoms with Gasteiger partial charge in [0.15, 0.2) is 0 Å². The van der Waals surface area contributed by atoms with Crippen molar-refractivity contribution < 1.29 is 33.4 Å². The van der Waals surface area contributed by atoms with E-state index in [9.17, 15) is 19.2 Å². The Kier molecular flexibility index (Phi) is 12.6. The van der Waals surface area contributed by atoms with Gasteiger partial charge in [-0.3, -0.25) is 4.79 Å². The molecule has 0 bridgehead atoms. The van der Waals surface area contributed by atoms with Crippen LogP contribution in [-0.2, 0) is 19.0 Å². The molecule has 10 nitrogen and oxygen atoms in total. The van der Waals surface area contributed by atoms with E-state index in [1.54, 1.807) is 28.8 Å². The molecule has 2 aromatic carbocycles. The highest BCUT2D eigenvalue weighted by Gasteiger charge is 2.38. The van der Waals surface area contributed by atoms with Crippen molar-refractivity contribution in [2.24, 2.45) is 0 Å². The predicted molar refractivity (Wildman–Crippen MR) is 173 cm³/mol. The third-order valence-electron chi connectivity index (χ3n) is 6.64.